The molecule has 2 N–H and O–H groups in total. The molecule has 1 saturated heterocycles. The van der Waals surface area contributed by atoms with Crippen LogP contribution < -0.4 is 11.3 Å². The molecule has 27 heavy (non-hydrogen) atoms. The monoisotopic (exact) mass is 372 g/mol. The summed E-state index contributed by atoms with van der Waals surface area (Å²) in [5.74, 6) is -1.71. The second-order valence-electron chi connectivity index (χ2n) is 6.46. The van der Waals surface area contributed by atoms with Gasteiger partial charge >= 0.3 is 5.97 Å². The zero-order valence-electron chi connectivity index (χ0n) is 14.9. The number of rotatable bonds is 4. The number of aromatic nitrogens is 2. The van der Waals surface area contributed by atoms with Crippen molar-refractivity contribution < 1.29 is 19.1 Å². The van der Waals surface area contributed by atoms with Gasteiger partial charge in [0.2, 0.25) is 5.91 Å². The number of hydrogen-bond donors (Lipinski definition) is 1. The molecule has 142 valence electrons. The predicted octanol–water partition coefficient (Wildman–Crippen LogP) is -0.186. The number of fused-ring (bicyclic) bond motifs is 1. The Morgan fingerprint density at radius 1 is 1.19 bits per heavy atom. The van der Waals surface area contributed by atoms with Crippen molar-refractivity contribution in [2.45, 2.75) is 12.8 Å². The number of carbonyl (C=O) groups is 3. The van der Waals surface area contributed by atoms with E-state index in [0.29, 0.717) is 36.7 Å². The normalized spacial score (nSPS) is 14.9. The molecule has 1 aromatic heterocycles. The van der Waals surface area contributed by atoms with E-state index < -0.39 is 12.6 Å². The Balaban J connectivity index is 1.68. The number of carbonyl (C=O) groups excluding carboxylic acids is 3. The maximum atomic E-state index is 12.4. The minimum Gasteiger partial charge on any atom is -0.451 e. The van der Waals surface area contributed by atoms with Crippen molar-refractivity contribution in [2.75, 3.05) is 19.7 Å². The number of primary amides is 1. The molecule has 2 heterocycles. The minimum atomic E-state index is -0.776. The van der Waals surface area contributed by atoms with Gasteiger partial charge in [0.1, 0.15) is 0 Å². The SMILES string of the molecule is Cn1nc(C(=O)OCC(=O)N2CCC(C(N)=O)CC2)c2ccccc2c1=O. The maximum Gasteiger partial charge on any atom is 0.359 e. The van der Waals surface area contributed by atoms with Crippen LogP contribution in [-0.4, -0.2) is 52.2 Å². The highest BCUT2D eigenvalue weighted by Gasteiger charge is 2.27. The molecule has 0 radical (unpaired) electrons. The highest BCUT2D eigenvalue weighted by atomic mass is 16.5. The van der Waals surface area contributed by atoms with E-state index in [1.807, 2.05) is 0 Å². The van der Waals surface area contributed by atoms with Crippen LogP contribution in [0.1, 0.15) is 23.3 Å². The number of hydrogen-bond acceptors (Lipinski definition) is 6. The number of nitrogens with two attached hydrogens (primary N) is 1. The van der Waals surface area contributed by atoms with Gasteiger partial charge in [-0.15, -0.1) is 0 Å². The molecule has 0 unspecified atom stereocenters. The van der Waals surface area contributed by atoms with E-state index in [-0.39, 0.29) is 29.0 Å². The maximum absolute atomic E-state index is 12.4. The van der Waals surface area contributed by atoms with E-state index in [9.17, 15) is 19.2 Å². The Hall–Kier alpha value is -3.23. The van der Waals surface area contributed by atoms with Gasteiger partial charge in [0, 0.05) is 31.4 Å². The lowest BCUT2D eigenvalue weighted by Crippen LogP contribution is -2.43. The fourth-order valence-corrected chi connectivity index (χ4v) is 3.15. The first-order chi connectivity index (χ1) is 12.9. The average Bonchev–Trinajstić information content (AvgIpc) is 2.68. The number of aryl methyl sites for hydroxylation is 1. The van der Waals surface area contributed by atoms with E-state index in [4.69, 9.17) is 10.5 Å². The topological polar surface area (TPSA) is 125 Å². The van der Waals surface area contributed by atoms with Crippen molar-refractivity contribution in [3.63, 3.8) is 0 Å². The number of nitrogens with zero attached hydrogens (tertiary/aromatic N) is 3. The Kier molecular flexibility index (Phi) is 5.20. The van der Waals surface area contributed by atoms with Crippen LogP contribution in [0, 0.1) is 5.92 Å². The Bertz CT molecular complexity index is 960. The lowest BCUT2D eigenvalue weighted by Gasteiger charge is -2.30. The highest BCUT2D eigenvalue weighted by Crippen LogP contribution is 2.17. The van der Waals surface area contributed by atoms with Crippen molar-refractivity contribution in [3.05, 3.63) is 40.3 Å². The molecule has 2 amide bonds. The summed E-state index contributed by atoms with van der Waals surface area (Å²) in [5, 5.41) is 4.70. The van der Waals surface area contributed by atoms with E-state index in [1.54, 1.807) is 29.2 Å². The number of likely N-dealkylation sites (tertiary alicyclic amines) is 1. The standard InChI is InChI=1S/C18H20N4O5/c1-21-17(25)13-5-3-2-4-12(13)15(20-21)18(26)27-10-14(23)22-8-6-11(7-9-22)16(19)24/h2-5,11H,6-10H2,1H3,(H2,19,24). The van der Waals surface area contributed by atoms with Gasteiger partial charge < -0.3 is 15.4 Å². The van der Waals surface area contributed by atoms with Crippen LogP contribution >= 0.6 is 0 Å². The third-order valence-electron chi connectivity index (χ3n) is 4.73. The quantitative estimate of drug-likeness (QED) is 0.742. The number of benzene rings is 1. The summed E-state index contributed by atoms with van der Waals surface area (Å²) in [5.41, 5.74) is 4.93. The van der Waals surface area contributed by atoms with Crippen LogP contribution in [0.15, 0.2) is 29.1 Å². The van der Waals surface area contributed by atoms with E-state index in [1.165, 1.54) is 7.05 Å². The fourth-order valence-electron chi connectivity index (χ4n) is 3.15. The molecular formula is C18H20N4O5. The molecule has 2 aromatic rings. The summed E-state index contributed by atoms with van der Waals surface area (Å²) < 4.78 is 6.19. The first-order valence-electron chi connectivity index (χ1n) is 8.58. The second-order valence-corrected chi connectivity index (χ2v) is 6.46. The van der Waals surface area contributed by atoms with Gasteiger partial charge in [-0.25, -0.2) is 9.48 Å². The molecule has 0 atom stereocenters. The summed E-state index contributed by atoms with van der Waals surface area (Å²) in [4.78, 5) is 49.5. The lowest BCUT2D eigenvalue weighted by atomic mass is 9.96. The molecule has 0 aliphatic carbocycles. The first-order valence-corrected chi connectivity index (χ1v) is 8.58. The van der Waals surface area contributed by atoms with Crippen molar-refractivity contribution in [3.8, 4) is 0 Å². The molecule has 1 aliphatic heterocycles. The van der Waals surface area contributed by atoms with Gasteiger partial charge in [0.05, 0.1) is 5.39 Å². The largest absolute Gasteiger partial charge is 0.451 e. The Morgan fingerprint density at radius 2 is 1.81 bits per heavy atom. The Labute approximate surface area is 154 Å². The van der Waals surface area contributed by atoms with Gasteiger partial charge in [-0.2, -0.15) is 5.10 Å². The number of piperidine rings is 1. The molecule has 9 heteroatoms. The van der Waals surface area contributed by atoms with E-state index in [0.717, 1.165) is 4.68 Å². The van der Waals surface area contributed by atoms with Crippen LogP contribution in [0.2, 0.25) is 0 Å². The van der Waals surface area contributed by atoms with Crippen molar-refractivity contribution in [1.82, 2.24) is 14.7 Å². The van der Waals surface area contributed by atoms with Gasteiger partial charge in [-0.1, -0.05) is 18.2 Å². The third kappa shape index (κ3) is 3.81. The molecule has 1 fully saturated rings. The van der Waals surface area contributed by atoms with E-state index in [2.05, 4.69) is 5.10 Å². The average molecular weight is 372 g/mol. The molecule has 0 bridgehead atoms. The summed E-state index contributed by atoms with van der Waals surface area (Å²) in [7, 11) is 1.44. The summed E-state index contributed by atoms with van der Waals surface area (Å²) >= 11 is 0. The van der Waals surface area contributed by atoms with Crippen molar-refractivity contribution in [2.24, 2.45) is 18.7 Å². The van der Waals surface area contributed by atoms with Crippen LogP contribution in [-0.2, 0) is 21.4 Å². The third-order valence-corrected chi connectivity index (χ3v) is 4.73. The van der Waals surface area contributed by atoms with Gasteiger partial charge in [-0.3, -0.25) is 14.4 Å². The number of amides is 2. The Morgan fingerprint density at radius 3 is 2.44 bits per heavy atom. The lowest BCUT2D eigenvalue weighted by molar-refractivity contribution is -0.137. The smallest absolute Gasteiger partial charge is 0.359 e. The summed E-state index contributed by atoms with van der Waals surface area (Å²) in [6.07, 6.45) is 1.00. The fraction of sp³-hybridized carbons (Fsp3) is 0.389. The highest BCUT2D eigenvalue weighted by molar-refractivity contribution is 6.02. The zero-order chi connectivity index (χ0) is 19.6. The molecule has 1 aromatic carbocycles. The molecule has 1 aliphatic rings. The van der Waals surface area contributed by atoms with Crippen LogP contribution in [0.4, 0.5) is 0 Å². The zero-order valence-corrected chi connectivity index (χ0v) is 14.9. The molecule has 3 rings (SSSR count). The van der Waals surface area contributed by atoms with Crippen LogP contribution in [0.25, 0.3) is 10.8 Å². The van der Waals surface area contributed by atoms with E-state index >= 15 is 0 Å². The van der Waals surface area contributed by atoms with Gasteiger partial charge in [0.15, 0.2) is 12.3 Å². The van der Waals surface area contributed by atoms with Crippen molar-refractivity contribution >= 4 is 28.6 Å². The van der Waals surface area contributed by atoms with Crippen molar-refractivity contribution in [1.29, 1.82) is 0 Å². The molecule has 0 spiro atoms. The summed E-state index contributed by atoms with van der Waals surface area (Å²) in [6, 6.07) is 6.59. The first kappa shape index (κ1) is 18.6. The minimum absolute atomic E-state index is 0.0204. The van der Waals surface area contributed by atoms with Crippen LogP contribution in [0.3, 0.4) is 0 Å². The second kappa shape index (κ2) is 7.56. The molecule has 9 nitrogen and oxygen atoms in total. The van der Waals surface area contributed by atoms with Crippen LogP contribution in [0.5, 0.6) is 0 Å². The molecular weight excluding hydrogens is 352 g/mol. The summed E-state index contributed by atoms with van der Waals surface area (Å²) in [6.45, 7) is 0.356. The van der Waals surface area contributed by atoms with Gasteiger partial charge in [0.25, 0.3) is 11.5 Å². The number of esters is 1. The molecule has 0 saturated carbocycles. The predicted molar refractivity (Wildman–Crippen MR) is 95.8 cm³/mol. The van der Waals surface area contributed by atoms with Gasteiger partial charge in [-0.05, 0) is 18.9 Å². The number of ether oxygens (including phenoxy) is 1.